The number of carboxylic acid groups (broad SMARTS) is 2. The second-order valence-electron chi connectivity index (χ2n) is 7.83. The number of benzene rings is 1. The van der Waals surface area contributed by atoms with Gasteiger partial charge in [-0.2, -0.15) is 0 Å². The van der Waals surface area contributed by atoms with Crippen LogP contribution in [0.5, 0.6) is 0 Å². The fraction of sp³-hybridized carbons (Fsp3) is 0.333. The topological polar surface area (TPSA) is 192 Å². The average Bonchev–Trinajstić information content (AvgIpc) is 3.27. The van der Waals surface area contributed by atoms with Crippen LogP contribution in [0.1, 0.15) is 17.0 Å². The van der Waals surface area contributed by atoms with Crippen molar-refractivity contribution < 1.29 is 29.4 Å². The van der Waals surface area contributed by atoms with Gasteiger partial charge in [-0.15, -0.1) is 16.9 Å². The molecule has 2 aliphatic heterocycles. The van der Waals surface area contributed by atoms with Crippen LogP contribution in [-0.2, 0) is 38.6 Å². The lowest BCUT2D eigenvalue weighted by Crippen LogP contribution is -2.70. The lowest BCUT2D eigenvalue weighted by atomic mass is 10.0. The summed E-state index contributed by atoms with van der Waals surface area (Å²) in [7, 11) is 0. The molecule has 3 heterocycles. The number of carbonyl (C=O) groups excluding carboxylic acids is 2. The molecule has 184 valence electrons. The third kappa shape index (κ3) is 5.49. The molecule has 14 heteroatoms. The van der Waals surface area contributed by atoms with Crippen LogP contribution in [0.4, 0.5) is 0 Å². The molecule has 12 nitrogen and oxygen atoms in total. The van der Waals surface area contributed by atoms with Crippen molar-refractivity contribution in [2.75, 3.05) is 11.5 Å². The molecule has 2 aliphatic rings. The lowest BCUT2D eigenvalue weighted by Gasteiger charge is -2.49. The Morgan fingerprint density at radius 3 is 2.57 bits per heavy atom. The van der Waals surface area contributed by atoms with Crippen molar-refractivity contribution in [3.63, 3.8) is 0 Å². The molecule has 2 atom stereocenters. The van der Waals surface area contributed by atoms with E-state index >= 15 is 0 Å². The molecule has 4 rings (SSSR count). The van der Waals surface area contributed by atoms with Gasteiger partial charge in [0.2, 0.25) is 11.1 Å². The van der Waals surface area contributed by atoms with Crippen LogP contribution in [0.25, 0.3) is 0 Å². The zero-order chi connectivity index (χ0) is 25.1. The van der Waals surface area contributed by atoms with Gasteiger partial charge in [0.05, 0.1) is 6.42 Å². The number of fused-ring (bicyclic) bond motifs is 1. The fourth-order valence-electron chi connectivity index (χ4n) is 3.71. The third-order valence-electron chi connectivity index (χ3n) is 5.40. The maximum atomic E-state index is 12.8. The second-order valence-corrected chi connectivity index (χ2v) is 9.88. The molecular formula is C21H22N6O6S2. The summed E-state index contributed by atoms with van der Waals surface area (Å²) in [6.07, 6.45) is -0.210. The monoisotopic (exact) mass is 518 g/mol. The van der Waals surface area contributed by atoms with Gasteiger partial charge in [0.1, 0.15) is 29.4 Å². The van der Waals surface area contributed by atoms with Crippen molar-refractivity contribution in [2.24, 2.45) is 5.73 Å². The van der Waals surface area contributed by atoms with Gasteiger partial charge >= 0.3 is 11.9 Å². The molecule has 0 spiro atoms. The third-order valence-corrected chi connectivity index (χ3v) is 7.67. The van der Waals surface area contributed by atoms with E-state index in [-0.39, 0.29) is 41.2 Å². The number of thioether (sulfide) groups is 2. The predicted molar refractivity (Wildman–Crippen MR) is 126 cm³/mol. The Morgan fingerprint density at radius 1 is 1.20 bits per heavy atom. The number of nitrogens with two attached hydrogens (primary N) is 1. The minimum atomic E-state index is -1.23. The molecule has 35 heavy (non-hydrogen) atoms. The van der Waals surface area contributed by atoms with E-state index in [2.05, 4.69) is 20.5 Å². The summed E-state index contributed by atoms with van der Waals surface area (Å²) in [6, 6.07) is 6.49. The van der Waals surface area contributed by atoms with Crippen molar-refractivity contribution >= 4 is 47.3 Å². The first kappa shape index (κ1) is 24.8. The number of β-lactam (4-membered cyclic amide) rings is 1. The summed E-state index contributed by atoms with van der Waals surface area (Å²) in [5.41, 5.74) is 7.73. The van der Waals surface area contributed by atoms with Crippen LogP contribution >= 0.6 is 23.5 Å². The van der Waals surface area contributed by atoms with Crippen molar-refractivity contribution in [3.8, 4) is 0 Å². The number of aromatic amines is 1. The molecule has 2 aromatic rings. The first-order valence-corrected chi connectivity index (χ1v) is 12.5. The highest BCUT2D eigenvalue weighted by Crippen LogP contribution is 2.41. The van der Waals surface area contributed by atoms with Crippen LogP contribution < -0.4 is 11.1 Å². The molecule has 1 aromatic heterocycles. The summed E-state index contributed by atoms with van der Waals surface area (Å²) in [6.45, 7) is 0.404. The van der Waals surface area contributed by atoms with Gasteiger partial charge in [-0.25, -0.2) is 9.78 Å². The van der Waals surface area contributed by atoms with E-state index in [9.17, 15) is 24.3 Å². The summed E-state index contributed by atoms with van der Waals surface area (Å²) >= 11 is 2.52. The Balaban J connectivity index is 1.39. The lowest BCUT2D eigenvalue weighted by molar-refractivity contribution is -0.150. The fourth-order valence-corrected chi connectivity index (χ4v) is 6.02. The van der Waals surface area contributed by atoms with Gasteiger partial charge in [0.25, 0.3) is 5.91 Å². The predicted octanol–water partition coefficient (Wildman–Crippen LogP) is -0.0361. The molecule has 0 aliphatic carbocycles. The number of carboxylic acids is 2. The highest BCUT2D eigenvalue weighted by molar-refractivity contribution is 8.01. The van der Waals surface area contributed by atoms with Crippen LogP contribution in [0.15, 0.2) is 40.7 Å². The maximum Gasteiger partial charge on any atom is 0.352 e. The van der Waals surface area contributed by atoms with E-state index in [0.717, 1.165) is 22.9 Å². The maximum absolute atomic E-state index is 12.8. The smallest absolute Gasteiger partial charge is 0.352 e. The number of hydrogen-bond donors (Lipinski definition) is 5. The number of aliphatic carboxylic acids is 2. The Morgan fingerprint density at radius 2 is 1.91 bits per heavy atom. The van der Waals surface area contributed by atoms with Crippen molar-refractivity contribution in [1.82, 2.24) is 25.4 Å². The van der Waals surface area contributed by atoms with E-state index in [0.29, 0.717) is 17.9 Å². The van der Waals surface area contributed by atoms with Crippen molar-refractivity contribution in [2.45, 2.75) is 36.0 Å². The molecule has 0 bridgehead atoms. The van der Waals surface area contributed by atoms with E-state index in [1.807, 2.05) is 12.1 Å². The summed E-state index contributed by atoms with van der Waals surface area (Å²) in [5, 5.41) is 27.6. The molecule has 0 saturated carbocycles. The number of carbonyl (C=O) groups is 4. The number of hydrogen-bond acceptors (Lipinski definition) is 9. The van der Waals surface area contributed by atoms with Crippen LogP contribution in [0, 0.1) is 0 Å². The molecule has 2 amide bonds. The molecule has 6 N–H and O–H groups in total. The van der Waals surface area contributed by atoms with Crippen LogP contribution in [0.3, 0.4) is 0 Å². The summed E-state index contributed by atoms with van der Waals surface area (Å²) in [5.74, 6) is -2.33. The standard InChI is InChI=1S/C21H22N6O6S2/c22-7-11-3-1-10(2-4-11)5-14(28)24-16-18(31)27-17(20(32)33)12(8-34-19(16)27)9-35-21-23-13(25-26-21)6-15(29)30/h1-4,16,19H,5-9,22H2,(H,24,28)(H,29,30)(H,32,33)(H,23,25,26)/t16?,19-/m0/s1. The largest absolute Gasteiger partial charge is 0.481 e. The SMILES string of the molecule is NCc1ccc(CC(=O)NC2C(=O)N3C(C(=O)O)=C(CSc4n[nH]c(CC(=O)O)n4)CS[C@@H]23)cc1. The minimum absolute atomic E-state index is 0.0933. The Bertz CT molecular complexity index is 1200. The van der Waals surface area contributed by atoms with Gasteiger partial charge < -0.3 is 21.3 Å². The van der Waals surface area contributed by atoms with Gasteiger partial charge in [-0.05, 0) is 16.7 Å². The number of amides is 2. The van der Waals surface area contributed by atoms with Gasteiger partial charge in [0, 0.05) is 18.1 Å². The highest BCUT2D eigenvalue weighted by atomic mass is 32.2. The van der Waals surface area contributed by atoms with Crippen LogP contribution in [-0.4, -0.2) is 77.0 Å². The normalized spacial score (nSPS) is 19.2. The van der Waals surface area contributed by atoms with Gasteiger partial charge in [-0.3, -0.25) is 24.4 Å². The summed E-state index contributed by atoms with van der Waals surface area (Å²) in [4.78, 5) is 53.3. The molecule has 0 radical (unpaired) electrons. The highest BCUT2D eigenvalue weighted by Gasteiger charge is 2.54. The van der Waals surface area contributed by atoms with Crippen LogP contribution in [0.2, 0.25) is 0 Å². The molecule has 1 saturated heterocycles. The number of nitrogens with one attached hydrogen (secondary N) is 2. The average molecular weight is 519 g/mol. The van der Waals surface area contributed by atoms with Crippen molar-refractivity contribution in [1.29, 1.82) is 0 Å². The molecule has 1 unspecified atom stereocenters. The number of aromatic nitrogens is 3. The number of nitrogens with zero attached hydrogens (tertiary/aromatic N) is 3. The van der Waals surface area contributed by atoms with E-state index in [4.69, 9.17) is 10.8 Å². The Kier molecular flexibility index (Phi) is 7.42. The van der Waals surface area contributed by atoms with E-state index in [1.165, 1.54) is 16.7 Å². The second kappa shape index (κ2) is 10.5. The van der Waals surface area contributed by atoms with Crippen molar-refractivity contribution in [3.05, 3.63) is 52.5 Å². The van der Waals surface area contributed by atoms with Gasteiger partial charge in [-0.1, -0.05) is 36.0 Å². The Labute approximate surface area is 207 Å². The molecule has 1 aromatic carbocycles. The zero-order valence-corrected chi connectivity index (χ0v) is 19.9. The first-order chi connectivity index (χ1) is 16.8. The van der Waals surface area contributed by atoms with Gasteiger partial charge in [0.15, 0.2) is 0 Å². The number of H-pyrrole nitrogens is 1. The summed E-state index contributed by atoms with van der Waals surface area (Å²) < 4.78 is 0. The Hall–Kier alpha value is -3.36. The van der Waals surface area contributed by atoms with E-state index in [1.54, 1.807) is 12.1 Å². The van der Waals surface area contributed by atoms with E-state index < -0.39 is 29.3 Å². The quantitative estimate of drug-likeness (QED) is 0.209. The molecular weight excluding hydrogens is 496 g/mol. The molecule has 1 fully saturated rings. The number of rotatable bonds is 10. The minimum Gasteiger partial charge on any atom is -0.481 e. The zero-order valence-electron chi connectivity index (χ0n) is 18.3. The first-order valence-electron chi connectivity index (χ1n) is 10.5.